The molecule has 1 heterocycles. The van der Waals surface area contributed by atoms with Gasteiger partial charge in [-0.2, -0.15) is 0 Å². The highest BCUT2D eigenvalue weighted by atomic mass is 19.1. The molecule has 0 saturated heterocycles. The molecule has 0 unspecified atom stereocenters. The second-order valence-corrected chi connectivity index (χ2v) is 5.89. The molecule has 0 atom stereocenters. The smallest absolute Gasteiger partial charge is 0.344 e. The lowest BCUT2D eigenvalue weighted by Gasteiger charge is -2.06. The van der Waals surface area contributed by atoms with Gasteiger partial charge in [-0.3, -0.25) is 10.1 Å². The van der Waals surface area contributed by atoms with Crippen LogP contribution in [-0.2, 0) is 14.3 Å². The average molecular weight is 384 g/mol. The van der Waals surface area contributed by atoms with Crippen LogP contribution in [0.3, 0.4) is 0 Å². The van der Waals surface area contributed by atoms with Crippen LogP contribution in [-0.4, -0.2) is 30.2 Å². The number of rotatable bonds is 7. The molecule has 0 saturated carbocycles. The summed E-state index contributed by atoms with van der Waals surface area (Å²) in [5.74, 6) is -1.28. The third-order valence-corrected chi connectivity index (χ3v) is 3.65. The Hall–Kier alpha value is -3.68. The highest BCUT2D eigenvalue weighted by molar-refractivity contribution is 5.92. The molecule has 2 aromatic carbocycles. The van der Waals surface area contributed by atoms with E-state index in [1.807, 2.05) is 31.2 Å². The van der Waals surface area contributed by atoms with Gasteiger partial charge in [0.1, 0.15) is 17.3 Å². The third kappa shape index (κ3) is 5.41. The summed E-state index contributed by atoms with van der Waals surface area (Å²) >= 11 is 0. The number of ether oxygens (including phenoxy) is 2. The van der Waals surface area contributed by atoms with Crippen LogP contribution in [0.25, 0.3) is 11.3 Å². The monoisotopic (exact) mass is 384 g/mol. The van der Waals surface area contributed by atoms with Crippen LogP contribution in [0.5, 0.6) is 5.75 Å². The lowest BCUT2D eigenvalue weighted by Crippen LogP contribution is -2.23. The zero-order chi connectivity index (χ0) is 19.9. The topological polar surface area (TPSA) is 90.7 Å². The molecule has 0 fully saturated rings. The van der Waals surface area contributed by atoms with E-state index >= 15 is 0 Å². The van der Waals surface area contributed by atoms with Gasteiger partial charge in [0.05, 0.1) is 0 Å². The van der Waals surface area contributed by atoms with E-state index in [0.29, 0.717) is 11.4 Å². The number of esters is 1. The van der Waals surface area contributed by atoms with Crippen LogP contribution < -0.4 is 10.1 Å². The summed E-state index contributed by atoms with van der Waals surface area (Å²) in [6.07, 6.45) is 0. The number of nitrogens with zero attached hydrogens (tertiary/aromatic N) is 1. The van der Waals surface area contributed by atoms with E-state index in [9.17, 15) is 14.0 Å². The van der Waals surface area contributed by atoms with E-state index in [-0.39, 0.29) is 5.88 Å². The van der Waals surface area contributed by atoms with Gasteiger partial charge in [-0.15, -0.1) is 0 Å². The van der Waals surface area contributed by atoms with Gasteiger partial charge in [-0.1, -0.05) is 35.0 Å². The van der Waals surface area contributed by atoms with E-state index in [2.05, 4.69) is 10.5 Å². The van der Waals surface area contributed by atoms with Gasteiger partial charge in [0.2, 0.25) is 5.88 Å². The maximum absolute atomic E-state index is 12.8. The van der Waals surface area contributed by atoms with Crippen LogP contribution in [0.15, 0.2) is 59.1 Å². The van der Waals surface area contributed by atoms with Crippen molar-refractivity contribution in [2.75, 3.05) is 18.5 Å². The Morgan fingerprint density at radius 3 is 2.50 bits per heavy atom. The first-order valence-corrected chi connectivity index (χ1v) is 8.37. The van der Waals surface area contributed by atoms with Gasteiger partial charge in [0.25, 0.3) is 5.91 Å². The van der Waals surface area contributed by atoms with Gasteiger partial charge in [-0.05, 0) is 31.2 Å². The molecule has 0 aliphatic carbocycles. The minimum atomic E-state index is -0.739. The quantitative estimate of drug-likeness (QED) is 0.628. The van der Waals surface area contributed by atoms with Gasteiger partial charge in [-0.25, -0.2) is 9.18 Å². The van der Waals surface area contributed by atoms with Crippen molar-refractivity contribution in [1.82, 2.24) is 5.16 Å². The summed E-state index contributed by atoms with van der Waals surface area (Å²) in [4.78, 5) is 23.5. The number of aromatic nitrogens is 1. The normalized spacial score (nSPS) is 10.4. The number of carbonyl (C=O) groups excluding carboxylic acids is 2. The van der Waals surface area contributed by atoms with Crippen LogP contribution in [0.4, 0.5) is 10.3 Å². The van der Waals surface area contributed by atoms with E-state index in [0.717, 1.165) is 11.1 Å². The number of hydrogen-bond donors (Lipinski definition) is 1. The fourth-order valence-electron chi connectivity index (χ4n) is 2.23. The highest BCUT2D eigenvalue weighted by Crippen LogP contribution is 2.22. The van der Waals surface area contributed by atoms with Crippen molar-refractivity contribution in [3.8, 4) is 17.0 Å². The van der Waals surface area contributed by atoms with Gasteiger partial charge in [0.15, 0.2) is 13.2 Å². The summed E-state index contributed by atoms with van der Waals surface area (Å²) in [6.45, 7) is 1.06. The first-order valence-electron chi connectivity index (χ1n) is 8.37. The standard InChI is InChI=1S/C20H17FN2O5/c1-13-2-4-14(5-3-13)17-10-19(28-23-17)22-18(24)11-27-20(25)12-26-16-8-6-15(21)7-9-16/h2-10H,11-12H2,1H3,(H,22,24). The summed E-state index contributed by atoms with van der Waals surface area (Å²) in [5, 5.41) is 6.34. The summed E-state index contributed by atoms with van der Waals surface area (Å²) < 4.78 is 27.8. The lowest BCUT2D eigenvalue weighted by molar-refractivity contribution is -0.149. The minimum Gasteiger partial charge on any atom is -0.482 e. The van der Waals surface area contributed by atoms with E-state index < -0.39 is 30.9 Å². The molecular formula is C20H17FN2O5. The zero-order valence-electron chi connectivity index (χ0n) is 15.0. The molecule has 0 spiro atoms. The number of halogens is 1. The Balaban J connectivity index is 1.43. The molecule has 1 N–H and O–H groups in total. The maximum Gasteiger partial charge on any atom is 0.344 e. The zero-order valence-corrected chi connectivity index (χ0v) is 15.0. The van der Waals surface area contributed by atoms with Crippen molar-refractivity contribution in [1.29, 1.82) is 0 Å². The van der Waals surface area contributed by atoms with Crippen LogP contribution in [0.1, 0.15) is 5.56 Å². The van der Waals surface area contributed by atoms with Gasteiger partial charge < -0.3 is 14.0 Å². The molecule has 3 rings (SSSR count). The summed E-state index contributed by atoms with van der Waals surface area (Å²) in [6, 6.07) is 14.4. The van der Waals surface area contributed by atoms with E-state index in [1.54, 1.807) is 6.07 Å². The number of hydrogen-bond acceptors (Lipinski definition) is 6. The minimum absolute atomic E-state index is 0.138. The van der Waals surface area contributed by atoms with E-state index in [4.69, 9.17) is 14.0 Å². The summed E-state index contributed by atoms with van der Waals surface area (Å²) in [5.41, 5.74) is 2.53. The molecule has 0 aliphatic rings. The molecule has 0 radical (unpaired) electrons. The average Bonchev–Trinajstić information content (AvgIpc) is 3.15. The first kappa shape index (κ1) is 19.1. The predicted molar refractivity (Wildman–Crippen MR) is 98.2 cm³/mol. The predicted octanol–water partition coefficient (Wildman–Crippen LogP) is 3.35. The fourth-order valence-corrected chi connectivity index (χ4v) is 2.23. The van der Waals surface area contributed by atoms with Crippen LogP contribution in [0.2, 0.25) is 0 Å². The van der Waals surface area contributed by atoms with Crippen LogP contribution in [0, 0.1) is 12.7 Å². The lowest BCUT2D eigenvalue weighted by atomic mass is 10.1. The van der Waals surface area contributed by atoms with Crippen molar-refractivity contribution in [2.24, 2.45) is 0 Å². The third-order valence-electron chi connectivity index (χ3n) is 3.65. The SMILES string of the molecule is Cc1ccc(-c2cc(NC(=O)COC(=O)COc3ccc(F)cc3)on2)cc1. The Morgan fingerprint density at radius 1 is 1.07 bits per heavy atom. The van der Waals surface area contributed by atoms with Crippen molar-refractivity contribution in [3.63, 3.8) is 0 Å². The Labute approximate surface area is 160 Å². The van der Waals surface area contributed by atoms with E-state index in [1.165, 1.54) is 24.3 Å². The number of nitrogens with one attached hydrogen (secondary N) is 1. The second kappa shape index (κ2) is 8.81. The molecule has 8 heteroatoms. The second-order valence-electron chi connectivity index (χ2n) is 5.89. The number of anilines is 1. The Kier molecular flexibility index (Phi) is 6.01. The number of amides is 1. The largest absolute Gasteiger partial charge is 0.482 e. The fraction of sp³-hybridized carbons (Fsp3) is 0.150. The molecule has 1 amide bonds. The number of aryl methyl sites for hydroxylation is 1. The number of carbonyl (C=O) groups is 2. The van der Waals surface area contributed by atoms with Crippen molar-refractivity contribution >= 4 is 17.8 Å². The maximum atomic E-state index is 12.8. The Morgan fingerprint density at radius 2 is 1.79 bits per heavy atom. The van der Waals surface area contributed by atoms with Gasteiger partial charge in [0, 0.05) is 11.6 Å². The molecule has 28 heavy (non-hydrogen) atoms. The van der Waals surface area contributed by atoms with Crippen molar-refractivity contribution < 1.29 is 28.0 Å². The molecular weight excluding hydrogens is 367 g/mol. The molecule has 0 bridgehead atoms. The molecule has 3 aromatic rings. The molecule has 144 valence electrons. The van der Waals surface area contributed by atoms with Crippen molar-refractivity contribution in [2.45, 2.75) is 6.92 Å². The molecule has 7 nitrogen and oxygen atoms in total. The van der Waals surface area contributed by atoms with Crippen LogP contribution >= 0.6 is 0 Å². The van der Waals surface area contributed by atoms with Gasteiger partial charge >= 0.3 is 5.97 Å². The Bertz CT molecular complexity index is 951. The van der Waals surface area contributed by atoms with Crippen molar-refractivity contribution in [3.05, 3.63) is 66.0 Å². The molecule has 1 aromatic heterocycles. The number of benzene rings is 2. The summed E-state index contributed by atoms with van der Waals surface area (Å²) in [7, 11) is 0. The molecule has 0 aliphatic heterocycles. The highest BCUT2D eigenvalue weighted by Gasteiger charge is 2.12. The first-order chi connectivity index (χ1) is 13.5.